The van der Waals surface area contributed by atoms with Crippen molar-refractivity contribution in [3.8, 4) is 0 Å². The normalized spacial score (nSPS) is 34.2. The van der Waals surface area contributed by atoms with Crippen LogP contribution in [0.3, 0.4) is 0 Å². The summed E-state index contributed by atoms with van der Waals surface area (Å²) in [5.74, 6) is -0.222. The van der Waals surface area contributed by atoms with Gasteiger partial charge in [-0.3, -0.25) is 9.59 Å². The number of hydrogen-bond acceptors (Lipinski definition) is 4. The number of anilines is 1. The van der Waals surface area contributed by atoms with Crippen molar-refractivity contribution in [2.24, 2.45) is 16.7 Å². The van der Waals surface area contributed by atoms with Gasteiger partial charge in [-0.2, -0.15) is 0 Å². The molecule has 2 heterocycles. The van der Waals surface area contributed by atoms with E-state index < -0.39 is 5.41 Å². The monoisotopic (exact) mass is 264 g/mol. The van der Waals surface area contributed by atoms with Crippen molar-refractivity contribution in [2.45, 2.75) is 33.6 Å². The van der Waals surface area contributed by atoms with Gasteiger partial charge in [0.15, 0.2) is 5.13 Å². The van der Waals surface area contributed by atoms with Gasteiger partial charge in [-0.05, 0) is 18.3 Å². The van der Waals surface area contributed by atoms with Crippen molar-refractivity contribution in [3.05, 3.63) is 11.6 Å². The average Bonchev–Trinajstić information content (AvgIpc) is 2.85. The van der Waals surface area contributed by atoms with Crippen molar-refractivity contribution < 1.29 is 9.59 Å². The summed E-state index contributed by atoms with van der Waals surface area (Å²) in [5.41, 5.74) is -0.702. The molecule has 3 rings (SSSR count). The molecule has 2 fully saturated rings. The van der Waals surface area contributed by atoms with E-state index in [1.807, 2.05) is 20.8 Å². The number of nitrogens with zero attached hydrogens (tertiary/aromatic N) is 2. The van der Waals surface area contributed by atoms with Crippen LogP contribution in [0.5, 0.6) is 0 Å². The van der Waals surface area contributed by atoms with Crippen LogP contribution in [0, 0.1) is 16.7 Å². The number of thiazole rings is 1. The zero-order valence-electron chi connectivity index (χ0n) is 10.8. The first-order valence-electron chi connectivity index (χ1n) is 6.17. The smallest absolute Gasteiger partial charge is 0.242 e. The number of carbonyl (C=O) groups excluding carboxylic acids is 2. The molecular weight excluding hydrogens is 248 g/mol. The molecule has 96 valence electrons. The summed E-state index contributed by atoms with van der Waals surface area (Å²) in [7, 11) is 0. The Morgan fingerprint density at radius 2 is 2.11 bits per heavy atom. The maximum absolute atomic E-state index is 12.7. The highest BCUT2D eigenvalue weighted by Crippen LogP contribution is 2.60. The summed E-state index contributed by atoms with van der Waals surface area (Å²) in [6.07, 6.45) is 3.22. The molecule has 1 aromatic rings. The van der Waals surface area contributed by atoms with Crippen LogP contribution in [0.1, 0.15) is 33.6 Å². The molecule has 0 radical (unpaired) electrons. The first-order chi connectivity index (χ1) is 8.39. The van der Waals surface area contributed by atoms with E-state index in [0.717, 1.165) is 12.8 Å². The van der Waals surface area contributed by atoms with Gasteiger partial charge in [0, 0.05) is 17.5 Å². The van der Waals surface area contributed by atoms with E-state index in [1.54, 1.807) is 11.6 Å². The molecule has 1 saturated carbocycles. The van der Waals surface area contributed by atoms with Gasteiger partial charge >= 0.3 is 0 Å². The molecule has 2 amide bonds. The fraction of sp³-hybridized carbons (Fsp3) is 0.615. The second kappa shape index (κ2) is 3.41. The van der Waals surface area contributed by atoms with Crippen molar-refractivity contribution in [1.82, 2.24) is 4.98 Å². The van der Waals surface area contributed by atoms with E-state index in [9.17, 15) is 9.59 Å². The highest BCUT2D eigenvalue weighted by atomic mass is 32.1. The molecule has 0 aromatic carbocycles. The zero-order valence-corrected chi connectivity index (χ0v) is 11.6. The Labute approximate surface area is 110 Å². The minimum Gasteiger partial charge on any atom is -0.274 e. The topological polar surface area (TPSA) is 50.3 Å². The average molecular weight is 264 g/mol. The summed E-state index contributed by atoms with van der Waals surface area (Å²) in [4.78, 5) is 30.7. The van der Waals surface area contributed by atoms with Crippen LogP contribution in [-0.2, 0) is 9.59 Å². The first-order valence-corrected chi connectivity index (χ1v) is 7.05. The fourth-order valence-electron chi connectivity index (χ4n) is 3.33. The van der Waals surface area contributed by atoms with Crippen LogP contribution < -0.4 is 4.90 Å². The Balaban J connectivity index is 2.12. The zero-order chi connectivity index (χ0) is 13.1. The Bertz CT molecular complexity index is 523. The van der Waals surface area contributed by atoms with Gasteiger partial charge in [0.1, 0.15) is 0 Å². The maximum atomic E-state index is 12.7. The summed E-state index contributed by atoms with van der Waals surface area (Å²) in [6, 6.07) is 0. The molecule has 1 saturated heterocycles. The van der Waals surface area contributed by atoms with Crippen molar-refractivity contribution in [3.63, 3.8) is 0 Å². The molecule has 0 spiro atoms. The molecule has 0 N–H and O–H groups in total. The largest absolute Gasteiger partial charge is 0.274 e. The lowest BCUT2D eigenvalue weighted by Gasteiger charge is -2.46. The Morgan fingerprint density at radius 1 is 1.39 bits per heavy atom. The van der Waals surface area contributed by atoms with Crippen LogP contribution >= 0.6 is 11.3 Å². The number of amides is 2. The number of rotatable bonds is 1. The number of fused-ring (bicyclic) bond motifs is 2. The van der Waals surface area contributed by atoms with Crippen molar-refractivity contribution >= 4 is 28.3 Å². The molecule has 2 aliphatic rings. The van der Waals surface area contributed by atoms with E-state index >= 15 is 0 Å². The molecular formula is C13H16N2O2S. The SMILES string of the molecule is CC1(C)[C@H]2CC[C@]1(C)C(=O)N(c1nccs1)C2=O. The second-order valence-corrected chi connectivity index (χ2v) is 6.81. The second-order valence-electron chi connectivity index (χ2n) is 5.94. The quantitative estimate of drug-likeness (QED) is 0.732. The number of hydrogen-bond donors (Lipinski definition) is 0. The summed E-state index contributed by atoms with van der Waals surface area (Å²) < 4.78 is 0. The molecule has 2 bridgehead atoms. The fourth-order valence-corrected chi connectivity index (χ4v) is 3.97. The third-order valence-electron chi connectivity index (χ3n) is 5.03. The van der Waals surface area contributed by atoms with Gasteiger partial charge in [0.25, 0.3) is 0 Å². The Morgan fingerprint density at radius 3 is 2.72 bits per heavy atom. The molecule has 18 heavy (non-hydrogen) atoms. The Kier molecular flexibility index (Phi) is 2.24. The van der Waals surface area contributed by atoms with E-state index in [-0.39, 0.29) is 23.1 Å². The van der Waals surface area contributed by atoms with Gasteiger partial charge in [0.05, 0.1) is 5.41 Å². The standard InChI is InChI=1S/C13H16N2O2S/c1-12(2)8-4-5-13(12,3)10(17)15(9(8)16)11-14-6-7-18-11/h6-8H,4-5H2,1-3H3/t8-,13+/m0/s1. The summed E-state index contributed by atoms with van der Waals surface area (Å²) >= 11 is 1.34. The molecule has 0 unspecified atom stereocenters. The van der Waals surface area contributed by atoms with Crippen LogP contribution in [0.25, 0.3) is 0 Å². The molecule has 5 heteroatoms. The lowest BCUT2D eigenvalue weighted by molar-refractivity contribution is -0.146. The van der Waals surface area contributed by atoms with Gasteiger partial charge in [-0.25, -0.2) is 9.88 Å². The summed E-state index contributed by atoms with van der Waals surface area (Å²) in [6.45, 7) is 6.07. The van der Waals surface area contributed by atoms with Gasteiger partial charge < -0.3 is 0 Å². The molecule has 1 aliphatic carbocycles. The highest BCUT2D eigenvalue weighted by Gasteiger charge is 2.65. The van der Waals surface area contributed by atoms with Gasteiger partial charge in [-0.15, -0.1) is 11.3 Å². The minimum atomic E-state index is -0.447. The maximum Gasteiger partial charge on any atom is 0.242 e. The number of piperidine rings is 1. The number of imide groups is 1. The third-order valence-corrected chi connectivity index (χ3v) is 5.79. The van der Waals surface area contributed by atoms with Crippen LogP contribution in [0.15, 0.2) is 11.6 Å². The van der Waals surface area contributed by atoms with E-state index in [2.05, 4.69) is 4.98 Å². The highest BCUT2D eigenvalue weighted by molar-refractivity contribution is 7.14. The third kappa shape index (κ3) is 1.18. The van der Waals surface area contributed by atoms with Crippen LogP contribution in [-0.4, -0.2) is 16.8 Å². The molecule has 2 atom stereocenters. The lowest BCUT2D eigenvalue weighted by atomic mass is 9.62. The molecule has 1 aliphatic heterocycles. The molecule has 1 aromatic heterocycles. The first kappa shape index (κ1) is 11.8. The molecule has 4 nitrogen and oxygen atoms in total. The van der Waals surface area contributed by atoms with E-state index in [4.69, 9.17) is 0 Å². The lowest BCUT2D eigenvalue weighted by Crippen LogP contribution is -2.59. The number of carbonyl (C=O) groups is 2. The van der Waals surface area contributed by atoms with Crippen LogP contribution in [0.2, 0.25) is 0 Å². The van der Waals surface area contributed by atoms with Gasteiger partial charge in [0.2, 0.25) is 11.8 Å². The summed E-state index contributed by atoms with van der Waals surface area (Å²) in [5, 5.41) is 2.30. The van der Waals surface area contributed by atoms with Crippen molar-refractivity contribution in [2.75, 3.05) is 4.90 Å². The predicted molar refractivity (Wildman–Crippen MR) is 69.2 cm³/mol. The Hall–Kier alpha value is -1.23. The number of aromatic nitrogens is 1. The van der Waals surface area contributed by atoms with E-state index in [0.29, 0.717) is 5.13 Å². The minimum absolute atomic E-state index is 0.0656. The van der Waals surface area contributed by atoms with Gasteiger partial charge in [-0.1, -0.05) is 20.8 Å². The van der Waals surface area contributed by atoms with Crippen molar-refractivity contribution in [1.29, 1.82) is 0 Å². The van der Waals surface area contributed by atoms with Crippen LogP contribution in [0.4, 0.5) is 5.13 Å². The van der Waals surface area contributed by atoms with E-state index in [1.165, 1.54) is 16.2 Å². The predicted octanol–water partition coefficient (Wildman–Crippen LogP) is 2.46.